The Balaban J connectivity index is 2.11. The Bertz CT molecular complexity index is 999. The van der Waals surface area contributed by atoms with Crippen LogP contribution in [0.25, 0.3) is 10.8 Å². The first-order chi connectivity index (χ1) is 11.5. The molecule has 1 amide bonds. The molecule has 6 heteroatoms. The minimum atomic E-state index is -3.75. The molecule has 0 spiro atoms. The van der Waals surface area contributed by atoms with Crippen LogP contribution in [0.2, 0.25) is 0 Å². The van der Waals surface area contributed by atoms with E-state index in [2.05, 4.69) is 10.0 Å². The molecule has 0 unspecified atom stereocenters. The number of nitrogens with one attached hydrogen (secondary N) is 2. The number of hydrogen-bond donors (Lipinski definition) is 2. The number of carbonyl (C=O) groups excluding carboxylic acids is 1. The van der Waals surface area contributed by atoms with Crippen molar-refractivity contribution in [2.24, 2.45) is 0 Å². The highest BCUT2D eigenvalue weighted by Crippen LogP contribution is 2.29. The minimum Gasteiger partial charge on any atom is -0.326 e. The molecule has 5 nitrogen and oxygen atoms in total. The molecule has 0 aliphatic carbocycles. The lowest BCUT2D eigenvalue weighted by Crippen LogP contribution is -2.13. The summed E-state index contributed by atoms with van der Waals surface area (Å²) in [4.78, 5) is 11.5. The molecule has 0 radical (unpaired) electrons. The Labute approximate surface area is 140 Å². The van der Waals surface area contributed by atoms with Gasteiger partial charge in [-0.1, -0.05) is 42.5 Å². The summed E-state index contributed by atoms with van der Waals surface area (Å²) in [5.41, 5.74) is 1.07. The van der Waals surface area contributed by atoms with Crippen LogP contribution in [-0.2, 0) is 14.8 Å². The number of fused-ring (bicyclic) bond motifs is 1. The third-order valence-electron chi connectivity index (χ3n) is 3.51. The van der Waals surface area contributed by atoms with E-state index in [0.29, 0.717) is 22.1 Å². The van der Waals surface area contributed by atoms with Gasteiger partial charge in [-0.25, -0.2) is 8.42 Å². The molecule has 0 heterocycles. The van der Waals surface area contributed by atoms with Crippen molar-refractivity contribution in [3.63, 3.8) is 0 Å². The molecule has 0 fully saturated rings. The SMILES string of the molecule is CC(=O)Nc1cccc2c(S(=O)(=O)Nc3ccccc3)cccc12. The van der Waals surface area contributed by atoms with Crippen LogP contribution in [0.1, 0.15) is 6.92 Å². The van der Waals surface area contributed by atoms with E-state index in [-0.39, 0.29) is 10.8 Å². The third-order valence-corrected chi connectivity index (χ3v) is 4.95. The fourth-order valence-electron chi connectivity index (χ4n) is 2.53. The summed E-state index contributed by atoms with van der Waals surface area (Å²) in [5.74, 6) is -0.210. The molecule has 0 atom stereocenters. The maximum atomic E-state index is 12.8. The molecule has 3 rings (SSSR count). The number of anilines is 2. The van der Waals surface area contributed by atoms with Gasteiger partial charge in [-0.05, 0) is 24.3 Å². The predicted octanol–water partition coefficient (Wildman–Crippen LogP) is 3.60. The van der Waals surface area contributed by atoms with E-state index >= 15 is 0 Å². The zero-order chi connectivity index (χ0) is 17.2. The standard InChI is InChI=1S/C18H16N2O3S/c1-13(21)19-17-11-5-10-16-15(17)9-6-12-18(16)24(22,23)20-14-7-3-2-4-8-14/h2-12,20H,1H3,(H,19,21). The van der Waals surface area contributed by atoms with Crippen molar-refractivity contribution >= 4 is 38.1 Å². The molecule has 122 valence electrons. The predicted molar refractivity (Wildman–Crippen MR) is 95.5 cm³/mol. The minimum absolute atomic E-state index is 0.163. The van der Waals surface area contributed by atoms with Crippen LogP contribution in [0.5, 0.6) is 0 Å². The Hall–Kier alpha value is -2.86. The molecule has 3 aromatic carbocycles. The first-order valence-corrected chi connectivity index (χ1v) is 8.83. The van der Waals surface area contributed by atoms with Crippen LogP contribution in [0, 0.1) is 0 Å². The van der Waals surface area contributed by atoms with Crippen molar-refractivity contribution in [2.75, 3.05) is 10.0 Å². The summed E-state index contributed by atoms with van der Waals surface area (Å²) < 4.78 is 28.1. The molecular formula is C18H16N2O3S. The molecule has 2 N–H and O–H groups in total. The largest absolute Gasteiger partial charge is 0.326 e. The second-order valence-corrected chi connectivity index (χ2v) is 6.96. The van der Waals surface area contributed by atoms with Gasteiger partial charge < -0.3 is 5.32 Å². The number of benzene rings is 3. The second kappa shape index (κ2) is 6.33. The average molecular weight is 340 g/mol. The summed E-state index contributed by atoms with van der Waals surface area (Å²) in [6, 6.07) is 18.9. The summed E-state index contributed by atoms with van der Waals surface area (Å²) >= 11 is 0. The van der Waals surface area contributed by atoms with Gasteiger partial charge in [-0.2, -0.15) is 0 Å². The Morgan fingerprint density at radius 1 is 0.833 bits per heavy atom. The number of hydrogen-bond acceptors (Lipinski definition) is 3. The van der Waals surface area contributed by atoms with E-state index in [1.165, 1.54) is 6.92 Å². The quantitative estimate of drug-likeness (QED) is 0.762. The van der Waals surface area contributed by atoms with E-state index in [1.54, 1.807) is 60.7 Å². The highest BCUT2D eigenvalue weighted by molar-refractivity contribution is 7.93. The van der Waals surface area contributed by atoms with Crippen molar-refractivity contribution < 1.29 is 13.2 Å². The van der Waals surface area contributed by atoms with Crippen LogP contribution in [0.15, 0.2) is 71.6 Å². The van der Waals surface area contributed by atoms with Crippen LogP contribution >= 0.6 is 0 Å². The molecule has 0 aliphatic heterocycles. The number of carbonyl (C=O) groups is 1. The van der Waals surface area contributed by atoms with Crippen molar-refractivity contribution in [1.29, 1.82) is 0 Å². The number of para-hydroxylation sites is 1. The van der Waals surface area contributed by atoms with Gasteiger partial charge in [0.2, 0.25) is 5.91 Å². The Kier molecular flexibility index (Phi) is 4.22. The smallest absolute Gasteiger partial charge is 0.262 e. The van der Waals surface area contributed by atoms with Crippen molar-refractivity contribution in [1.82, 2.24) is 0 Å². The maximum absolute atomic E-state index is 12.8. The van der Waals surface area contributed by atoms with Crippen LogP contribution in [0.4, 0.5) is 11.4 Å². The van der Waals surface area contributed by atoms with Crippen LogP contribution in [-0.4, -0.2) is 14.3 Å². The summed E-state index contributed by atoms with van der Waals surface area (Å²) in [5, 5.41) is 3.94. The van der Waals surface area contributed by atoms with Crippen molar-refractivity contribution in [2.45, 2.75) is 11.8 Å². The lowest BCUT2D eigenvalue weighted by molar-refractivity contribution is -0.114. The highest BCUT2D eigenvalue weighted by Gasteiger charge is 2.18. The Morgan fingerprint density at radius 2 is 1.50 bits per heavy atom. The highest BCUT2D eigenvalue weighted by atomic mass is 32.2. The van der Waals surface area contributed by atoms with E-state index in [0.717, 1.165) is 0 Å². The lowest BCUT2D eigenvalue weighted by Gasteiger charge is -2.12. The van der Waals surface area contributed by atoms with E-state index in [9.17, 15) is 13.2 Å². The number of rotatable bonds is 4. The van der Waals surface area contributed by atoms with Gasteiger partial charge >= 0.3 is 0 Å². The fourth-order valence-corrected chi connectivity index (χ4v) is 3.81. The monoisotopic (exact) mass is 340 g/mol. The molecule has 0 aromatic heterocycles. The molecule has 0 saturated heterocycles. The van der Waals surface area contributed by atoms with Gasteiger partial charge in [0.05, 0.1) is 4.90 Å². The molecule has 0 aliphatic rings. The van der Waals surface area contributed by atoms with Gasteiger partial charge in [0.25, 0.3) is 10.0 Å². The second-order valence-electron chi connectivity index (χ2n) is 5.31. The molecule has 0 saturated carbocycles. The van der Waals surface area contributed by atoms with Gasteiger partial charge in [-0.3, -0.25) is 9.52 Å². The first-order valence-electron chi connectivity index (χ1n) is 7.34. The molecule has 0 bridgehead atoms. The zero-order valence-corrected chi connectivity index (χ0v) is 13.8. The molecule has 3 aromatic rings. The first kappa shape index (κ1) is 16.0. The Morgan fingerprint density at radius 3 is 2.21 bits per heavy atom. The molecule has 24 heavy (non-hydrogen) atoms. The van der Waals surface area contributed by atoms with Gasteiger partial charge in [0.1, 0.15) is 0 Å². The molecular weight excluding hydrogens is 324 g/mol. The maximum Gasteiger partial charge on any atom is 0.262 e. The van der Waals surface area contributed by atoms with Crippen molar-refractivity contribution in [3.05, 3.63) is 66.7 Å². The van der Waals surface area contributed by atoms with Crippen LogP contribution < -0.4 is 10.0 Å². The van der Waals surface area contributed by atoms with E-state index < -0.39 is 10.0 Å². The van der Waals surface area contributed by atoms with Crippen LogP contribution in [0.3, 0.4) is 0 Å². The van der Waals surface area contributed by atoms with Gasteiger partial charge in [0.15, 0.2) is 0 Å². The van der Waals surface area contributed by atoms with E-state index in [1.807, 2.05) is 6.07 Å². The fraction of sp³-hybridized carbons (Fsp3) is 0.0556. The summed E-state index contributed by atoms with van der Waals surface area (Å²) in [7, 11) is -3.75. The van der Waals surface area contributed by atoms with Gasteiger partial charge in [0, 0.05) is 29.1 Å². The average Bonchev–Trinajstić information content (AvgIpc) is 2.54. The zero-order valence-electron chi connectivity index (χ0n) is 13.0. The van der Waals surface area contributed by atoms with Crippen molar-refractivity contribution in [3.8, 4) is 0 Å². The third kappa shape index (κ3) is 3.23. The summed E-state index contributed by atoms with van der Waals surface area (Å²) in [6.45, 7) is 1.41. The van der Waals surface area contributed by atoms with E-state index in [4.69, 9.17) is 0 Å². The normalized spacial score (nSPS) is 11.2. The number of sulfonamides is 1. The number of amides is 1. The lowest BCUT2D eigenvalue weighted by atomic mass is 10.1. The summed E-state index contributed by atoms with van der Waals surface area (Å²) in [6.07, 6.45) is 0. The van der Waals surface area contributed by atoms with Gasteiger partial charge in [-0.15, -0.1) is 0 Å². The topological polar surface area (TPSA) is 75.3 Å².